The first-order valence-electron chi connectivity index (χ1n) is 9.81. The third kappa shape index (κ3) is 4.25. The Hall–Kier alpha value is -2.83. The Bertz CT molecular complexity index is 1430. The van der Waals surface area contributed by atoms with Gasteiger partial charge in [0.1, 0.15) is 6.17 Å². The van der Waals surface area contributed by atoms with Crippen molar-refractivity contribution in [1.29, 1.82) is 0 Å². The molecule has 0 bridgehead atoms. The lowest BCUT2D eigenvalue weighted by Gasteiger charge is -2.20. The Morgan fingerprint density at radius 3 is 2.64 bits per heavy atom. The quantitative estimate of drug-likeness (QED) is 0.521. The van der Waals surface area contributed by atoms with E-state index in [0.29, 0.717) is 17.1 Å². The highest BCUT2D eigenvalue weighted by Crippen LogP contribution is 2.38. The van der Waals surface area contributed by atoms with Gasteiger partial charge >= 0.3 is 10.2 Å². The van der Waals surface area contributed by atoms with E-state index >= 15 is 0 Å². The predicted octanol–water partition coefficient (Wildman–Crippen LogP) is 3.62. The van der Waals surface area contributed by atoms with Crippen molar-refractivity contribution in [2.75, 3.05) is 23.1 Å². The summed E-state index contributed by atoms with van der Waals surface area (Å²) in [6.07, 6.45) is 0.0937. The second-order valence-corrected chi connectivity index (χ2v) is 9.73. The largest absolute Gasteiger partial charge is 0.352 e. The van der Waals surface area contributed by atoms with Gasteiger partial charge in [0, 0.05) is 31.9 Å². The minimum Gasteiger partial charge on any atom is -0.352 e. The van der Waals surface area contributed by atoms with Crippen molar-refractivity contribution in [2.45, 2.75) is 19.5 Å². The summed E-state index contributed by atoms with van der Waals surface area (Å²) < 4.78 is 71.8. The van der Waals surface area contributed by atoms with Crippen molar-refractivity contribution in [2.24, 2.45) is 7.05 Å². The molecule has 0 aliphatic carbocycles. The average Bonchev–Trinajstić information content (AvgIpc) is 3.20. The van der Waals surface area contributed by atoms with Crippen molar-refractivity contribution in [3.63, 3.8) is 0 Å². The van der Waals surface area contributed by atoms with Crippen LogP contribution in [0.15, 0.2) is 29.3 Å². The maximum Gasteiger partial charge on any atom is 0.301 e. The molecule has 1 aromatic heterocycles. The van der Waals surface area contributed by atoms with Gasteiger partial charge in [0.15, 0.2) is 11.6 Å². The topological polar surface area (TPSA) is 96.3 Å². The van der Waals surface area contributed by atoms with E-state index in [1.165, 1.54) is 30.1 Å². The molecule has 4 rings (SSSR count). The van der Waals surface area contributed by atoms with E-state index in [2.05, 4.69) is 15.0 Å². The molecule has 1 fully saturated rings. The second-order valence-electron chi connectivity index (χ2n) is 7.68. The highest BCUT2D eigenvalue weighted by molar-refractivity contribution is 7.90. The van der Waals surface area contributed by atoms with E-state index in [1.54, 1.807) is 6.92 Å². The van der Waals surface area contributed by atoms with Gasteiger partial charge in [-0.15, -0.1) is 0 Å². The molecule has 2 N–H and O–H groups in total. The molecule has 0 saturated carbocycles. The fourth-order valence-electron chi connectivity index (χ4n) is 3.62. The van der Waals surface area contributed by atoms with Gasteiger partial charge in [-0.25, -0.2) is 18.2 Å². The van der Waals surface area contributed by atoms with Crippen molar-refractivity contribution >= 4 is 49.8 Å². The molecule has 1 unspecified atom stereocenters. The molecule has 1 aliphatic rings. The van der Waals surface area contributed by atoms with Gasteiger partial charge in [0.2, 0.25) is 0 Å². The lowest BCUT2D eigenvalue weighted by molar-refractivity contribution is 0.343. The molecule has 0 spiro atoms. The number of halogens is 4. The van der Waals surface area contributed by atoms with Crippen LogP contribution >= 0.6 is 11.6 Å². The fourth-order valence-corrected chi connectivity index (χ4v) is 5.18. The molecule has 0 radical (unpaired) electrons. The number of benzene rings is 2. The monoisotopic (exact) mass is 501 g/mol. The summed E-state index contributed by atoms with van der Waals surface area (Å²) in [5.74, 6) is -2.70. The SMILES string of the molecule is Cc1c(Nc2c(F)c(F)cc(NS(=O)(=O)N3CCC(F)C3)c2Cl)ccc2ncn(C)c(=O)c12. The number of hydrogen-bond acceptors (Lipinski definition) is 5. The van der Waals surface area contributed by atoms with Gasteiger partial charge in [0.25, 0.3) is 5.56 Å². The lowest BCUT2D eigenvalue weighted by atomic mass is 10.1. The van der Waals surface area contributed by atoms with Crippen LogP contribution in [0.25, 0.3) is 10.9 Å². The van der Waals surface area contributed by atoms with E-state index in [4.69, 9.17) is 11.6 Å². The number of hydrogen-bond donors (Lipinski definition) is 2. The van der Waals surface area contributed by atoms with Crippen molar-refractivity contribution in [1.82, 2.24) is 13.9 Å². The van der Waals surface area contributed by atoms with Crippen molar-refractivity contribution < 1.29 is 21.6 Å². The zero-order chi connectivity index (χ0) is 24.1. The van der Waals surface area contributed by atoms with Gasteiger partial charge in [0.05, 0.1) is 33.6 Å². The number of aromatic nitrogens is 2. The second kappa shape index (κ2) is 8.50. The van der Waals surface area contributed by atoms with Crippen LogP contribution < -0.4 is 15.6 Å². The maximum absolute atomic E-state index is 14.7. The van der Waals surface area contributed by atoms with E-state index in [1.807, 2.05) is 0 Å². The first-order valence-corrected chi connectivity index (χ1v) is 11.6. The van der Waals surface area contributed by atoms with Gasteiger partial charge in [-0.1, -0.05) is 11.6 Å². The Morgan fingerprint density at radius 1 is 1.24 bits per heavy atom. The third-order valence-corrected chi connectivity index (χ3v) is 7.32. The van der Waals surface area contributed by atoms with Crippen LogP contribution in [0.3, 0.4) is 0 Å². The smallest absolute Gasteiger partial charge is 0.301 e. The summed E-state index contributed by atoms with van der Waals surface area (Å²) in [4.78, 5) is 16.7. The summed E-state index contributed by atoms with van der Waals surface area (Å²) in [6.45, 7) is 1.20. The molecular weight excluding hydrogens is 483 g/mol. The molecule has 2 aromatic carbocycles. The molecular formula is C20H19ClF3N5O3S. The van der Waals surface area contributed by atoms with E-state index in [9.17, 15) is 26.4 Å². The first-order chi connectivity index (χ1) is 15.5. The van der Waals surface area contributed by atoms with Crippen LogP contribution in [0.2, 0.25) is 5.02 Å². The normalized spacial score (nSPS) is 17.0. The molecule has 8 nitrogen and oxygen atoms in total. The van der Waals surface area contributed by atoms with Crippen LogP contribution in [-0.4, -0.2) is 41.5 Å². The fraction of sp³-hybridized carbons (Fsp3) is 0.300. The van der Waals surface area contributed by atoms with Crippen molar-refractivity contribution in [3.05, 3.63) is 57.1 Å². The van der Waals surface area contributed by atoms with Crippen LogP contribution in [0, 0.1) is 18.6 Å². The van der Waals surface area contributed by atoms with Gasteiger partial charge in [-0.05, 0) is 31.0 Å². The minimum absolute atomic E-state index is 0.0365. The minimum atomic E-state index is -4.25. The first kappa shape index (κ1) is 23.3. The molecule has 176 valence electrons. The summed E-state index contributed by atoms with van der Waals surface area (Å²) in [5.41, 5.74) is -0.213. The number of nitrogens with zero attached hydrogens (tertiary/aromatic N) is 3. The zero-order valence-electron chi connectivity index (χ0n) is 17.5. The van der Waals surface area contributed by atoms with Crippen LogP contribution in [-0.2, 0) is 17.3 Å². The predicted molar refractivity (Wildman–Crippen MR) is 120 cm³/mol. The molecule has 1 saturated heterocycles. The van der Waals surface area contributed by atoms with Crippen molar-refractivity contribution in [3.8, 4) is 0 Å². The molecule has 0 amide bonds. The Morgan fingerprint density at radius 2 is 1.97 bits per heavy atom. The molecule has 3 aromatic rings. The number of rotatable bonds is 5. The van der Waals surface area contributed by atoms with E-state index < -0.39 is 44.4 Å². The zero-order valence-corrected chi connectivity index (χ0v) is 19.1. The van der Waals surface area contributed by atoms with Gasteiger partial charge < -0.3 is 9.88 Å². The highest BCUT2D eigenvalue weighted by atomic mass is 35.5. The molecule has 33 heavy (non-hydrogen) atoms. The third-order valence-electron chi connectivity index (χ3n) is 5.44. The maximum atomic E-state index is 14.7. The van der Waals surface area contributed by atoms with Gasteiger partial charge in [-0.3, -0.25) is 9.52 Å². The summed E-state index contributed by atoms with van der Waals surface area (Å²) in [5, 5.41) is 2.49. The molecule has 13 heteroatoms. The summed E-state index contributed by atoms with van der Waals surface area (Å²) in [7, 11) is -2.72. The number of fused-ring (bicyclic) bond motifs is 1. The number of aryl methyl sites for hydroxylation is 2. The standard InChI is InChI=1S/C20H19ClF3N5O3S/c1-10-13(3-4-14-16(10)20(30)28(2)9-25-14)26-19-17(21)15(7-12(23)18(19)24)27-33(31,32)29-6-5-11(22)8-29/h3-4,7,9,11,26-27H,5-6,8H2,1-2H3. The summed E-state index contributed by atoms with van der Waals surface area (Å²) in [6, 6.07) is 3.65. The Balaban J connectivity index is 1.75. The lowest BCUT2D eigenvalue weighted by Crippen LogP contribution is -2.34. The average molecular weight is 502 g/mol. The van der Waals surface area contributed by atoms with Crippen LogP contribution in [0.4, 0.5) is 30.2 Å². The van der Waals surface area contributed by atoms with Crippen LogP contribution in [0.1, 0.15) is 12.0 Å². The number of nitrogens with one attached hydrogen (secondary N) is 2. The highest BCUT2D eigenvalue weighted by Gasteiger charge is 2.32. The Kier molecular flexibility index (Phi) is 6.01. The summed E-state index contributed by atoms with van der Waals surface area (Å²) >= 11 is 6.24. The van der Waals surface area contributed by atoms with Crippen LogP contribution in [0.5, 0.6) is 0 Å². The Labute approximate surface area is 192 Å². The number of alkyl halides is 1. The van der Waals surface area contributed by atoms with E-state index in [0.717, 1.165) is 4.31 Å². The van der Waals surface area contributed by atoms with Gasteiger partial charge in [-0.2, -0.15) is 12.7 Å². The molecule has 1 aliphatic heterocycles. The molecule has 2 heterocycles. The van der Waals surface area contributed by atoms with E-state index in [-0.39, 0.29) is 36.1 Å². The number of anilines is 3. The molecule has 1 atom stereocenters.